The molecule has 1 nitrogen and oxygen atoms in total. The molecule has 0 unspecified atom stereocenters. The molecule has 20 heavy (non-hydrogen) atoms. The molecule has 1 aliphatic rings. The standard InChI is InChI=1S/C18H20FN/c1-12-7-13(2)9-15(8-12)17-6-3-14(10-18(17)19)11-20-16-4-5-16/h3,6-10,16,20H,4-5,11H2,1-2H3. The van der Waals surface area contributed by atoms with E-state index in [2.05, 4.69) is 11.4 Å². The lowest BCUT2D eigenvalue weighted by atomic mass is 9.99. The Bertz CT molecular complexity index is 609. The number of hydrogen-bond donors (Lipinski definition) is 1. The summed E-state index contributed by atoms with van der Waals surface area (Å²) in [5, 5.41) is 3.41. The summed E-state index contributed by atoms with van der Waals surface area (Å²) in [6.45, 7) is 4.85. The van der Waals surface area contributed by atoms with Crippen molar-refractivity contribution in [2.75, 3.05) is 0 Å². The molecule has 0 aromatic heterocycles. The first-order valence-electron chi connectivity index (χ1n) is 7.22. The van der Waals surface area contributed by atoms with Crippen LogP contribution < -0.4 is 5.32 Å². The zero-order chi connectivity index (χ0) is 14.1. The van der Waals surface area contributed by atoms with Gasteiger partial charge in [-0.05, 0) is 43.9 Å². The molecule has 104 valence electrons. The maximum absolute atomic E-state index is 14.3. The van der Waals surface area contributed by atoms with E-state index in [-0.39, 0.29) is 5.82 Å². The van der Waals surface area contributed by atoms with E-state index >= 15 is 0 Å². The van der Waals surface area contributed by atoms with Crippen molar-refractivity contribution in [1.82, 2.24) is 5.32 Å². The van der Waals surface area contributed by atoms with Crippen LogP contribution >= 0.6 is 0 Å². The number of aryl methyl sites for hydroxylation is 2. The fourth-order valence-electron chi connectivity index (χ4n) is 2.58. The van der Waals surface area contributed by atoms with Crippen LogP contribution in [0.25, 0.3) is 11.1 Å². The highest BCUT2D eigenvalue weighted by molar-refractivity contribution is 5.66. The van der Waals surface area contributed by atoms with Gasteiger partial charge in [0.25, 0.3) is 0 Å². The first kappa shape index (κ1) is 13.3. The zero-order valence-electron chi connectivity index (χ0n) is 12.0. The Morgan fingerprint density at radius 3 is 2.35 bits per heavy atom. The van der Waals surface area contributed by atoms with Crippen molar-refractivity contribution < 1.29 is 4.39 Å². The largest absolute Gasteiger partial charge is 0.310 e. The molecule has 2 aromatic rings. The van der Waals surface area contributed by atoms with Gasteiger partial charge in [-0.3, -0.25) is 0 Å². The Morgan fingerprint density at radius 2 is 1.75 bits per heavy atom. The average Bonchev–Trinajstić information content (AvgIpc) is 3.19. The van der Waals surface area contributed by atoms with Gasteiger partial charge in [-0.1, -0.05) is 41.5 Å². The highest BCUT2D eigenvalue weighted by Gasteiger charge is 2.20. The maximum atomic E-state index is 14.3. The van der Waals surface area contributed by atoms with E-state index in [4.69, 9.17) is 0 Å². The minimum atomic E-state index is -0.134. The topological polar surface area (TPSA) is 12.0 Å². The molecule has 0 heterocycles. The molecule has 3 rings (SSSR count). The smallest absolute Gasteiger partial charge is 0.131 e. The number of halogens is 1. The monoisotopic (exact) mass is 269 g/mol. The molecule has 0 bridgehead atoms. The fraction of sp³-hybridized carbons (Fsp3) is 0.333. The van der Waals surface area contributed by atoms with Crippen LogP contribution in [0.4, 0.5) is 4.39 Å². The Balaban J connectivity index is 1.85. The number of benzene rings is 2. The van der Waals surface area contributed by atoms with Crippen LogP contribution in [0.1, 0.15) is 29.5 Å². The van der Waals surface area contributed by atoms with Crippen LogP contribution in [0.2, 0.25) is 0 Å². The molecule has 0 saturated heterocycles. The van der Waals surface area contributed by atoms with E-state index in [0.717, 1.165) is 17.7 Å². The van der Waals surface area contributed by atoms with Gasteiger partial charge in [-0.15, -0.1) is 0 Å². The molecular formula is C18H20FN. The van der Waals surface area contributed by atoms with E-state index in [1.165, 1.54) is 24.0 Å². The van der Waals surface area contributed by atoms with Gasteiger partial charge in [-0.2, -0.15) is 0 Å². The van der Waals surface area contributed by atoms with Crippen molar-refractivity contribution in [2.45, 2.75) is 39.3 Å². The molecule has 0 spiro atoms. The minimum absolute atomic E-state index is 0.134. The number of nitrogens with one attached hydrogen (secondary N) is 1. The van der Waals surface area contributed by atoms with Crippen LogP contribution in [0, 0.1) is 19.7 Å². The first-order chi connectivity index (χ1) is 9.61. The Labute approximate surface area is 119 Å². The van der Waals surface area contributed by atoms with Crippen LogP contribution in [0.5, 0.6) is 0 Å². The number of rotatable bonds is 4. The summed E-state index contributed by atoms with van der Waals surface area (Å²) >= 11 is 0. The molecule has 1 saturated carbocycles. The van der Waals surface area contributed by atoms with Gasteiger partial charge in [-0.25, -0.2) is 4.39 Å². The van der Waals surface area contributed by atoms with Crippen molar-refractivity contribution in [3.63, 3.8) is 0 Å². The van der Waals surface area contributed by atoms with Gasteiger partial charge in [0, 0.05) is 18.2 Å². The van der Waals surface area contributed by atoms with Crippen molar-refractivity contribution >= 4 is 0 Å². The molecule has 1 N–H and O–H groups in total. The van der Waals surface area contributed by atoms with Crippen LogP contribution in [0.15, 0.2) is 36.4 Å². The number of hydrogen-bond acceptors (Lipinski definition) is 1. The summed E-state index contributed by atoms with van der Waals surface area (Å²) in [4.78, 5) is 0. The molecular weight excluding hydrogens is 249 g/mol. The quantitative estimate of drug-likeness (QED) is 0.869. The summed E-state index contributed by atoms with van der Waals surface area (Å²) in [6.07, 6.45) is 2.51. The lowest BCUT2D eigenvalue weighted by Crippen LogP contribution is -2.15. The molecule has 2 aromatic carbocycles. The van der Waals surface area contributed by atoms with Crippen LogP contribution in [-0.2, 0) is 6.54 Å². The van der Waals surface area contributed by atoms with E-state index in [1.807, 2.05) is 38.1 Å². The average molecular weight is 269 g/mol. The molecule has 0 aliphatic heterocycles. The predicted molar refractivity (Wildman–Crippen MR) is 81.2 cm³/mol. The Hall–Kier alpha value is -1.67. The lowest BCUT2D eigenvalue weighted by molar-refractivity contribution is 0.623. The molecule has 1 fully saturated rings. The van der Waals surface area contributed by atoms with Gasteiger partial charge in [0.05, 0.1) is 0 Å². The van der Waals surface area contributed by atoms with Crippen molar-refractivity contribution in [3.05, 3.63) is 58.9 Å². The summed E-state index contributed by atoms with van der Waals surface area (Å²) in [6, 6.07) is 12.4. The van der Waals surface area contributed by atoms with Gasteiger partial charge in [0.2, 0.25) is 0 Å². The summed E-state index contributed by atoms with van der Waals surface area (Å²) < 4.78 is 14.3. The highest BCUT2D eigenvalue weighted by atomic mass is 19.1. The third-order valence-corrected chi connectivity index (χ3v) is 3.74. The van der Waals surface area contributed by atoms with E-state index in [1.54, 1.807) is 6.07 Å². The zero-order valence-corrected chi connectivity index (χ0v) is 12.0. The van der Waals surface area contributed by atoms with Crippen LogP contribution in [0.3, 0.4) is 0 Å². The second-order valence-corrected chi connectivity index (χ2v) is 5.85. The normalized spacial score (nSPS) is 14.6. The van der Waals surface area contributed by atoms with Crippen molar-refractivity contribution in [3.8, 4) is 11.1 Å². The van der Waals surface area contributed by atoms with Gasteiger partial charge < -0.3 is 5.32 Å². The third kappa shape index (κ3) is 3.07. The summed E-state index contributed by atoms with van der Waals surface area (Å²) in [5.41, 5.74) is 4.99. The fourth-order valence-corrected chi connectivity index (χ4v) is 2.58. The van der Waals surface area contributed by atoms with Gasteiger partial charge >= 0.3 is 0 Å². The van der Waals surface area contributed by atoms with Crippen molar-refractivity contribution in [2.24, 2.45) is 0 Å². The van der Waals surface area contributed by atoms with Gasteiger partial charge in [0.15, 0.2) is 0 Å². The summed E-state index contributed by atoms with van der Waals surface area (Å²) in [5.74, 6) is -0.134. The minimum Gasteiger partial charge on any atom is -0.310 e. The SMILES string of the molecule is Cc1cc(C)cc(-c2ccc(CNC3CC3)cc2F)c1. The van der Waals surface area contributed by atoms with Crippen LogP contribution in [-0.4, -0.2) is 6.04 Å². The maximum Gasteiger partial charge on any atom is 0.131 e. The first-order valence-corrected chi connectivity index (χ1v) is 7.22. The second-order valence-electron chi connectivity index (χ2n) is 5.85. The Kier molecular flexibility index (Phi) is 3.58. The van der Waals surface area contributed by atoms with E-state index < -0.39 is 0 Å². The van der Waals surface area contributed by atoms with Gasteiger partial charge in [0.1, 0.15) is 5.82 Å². The lowest BCUT2D eigenvalue weighted by Gasteiger charge is -2.09. The predicted octanol–water partition coefficient (Wildman–Crippen LogP) is 4.36. The Morgan fingerprint density at radius 1 is 1.05 bits per heavy atom. The van der Waals surface area contributed by atoms with E-state index in [9.17, 15) is 4.39 Å². The third-order valence-electron chi connectivity index (χ3n) is 3.74. The van der Waals surface area contributed by atoms with E-state index in [0.29, 0.717) is 11.6 Å². The molecule has 0 atom stereocenters. The highest BCUT2D eigenvalue weighted by Crippen LogP contribution is 2.26. The molecule has 0 amide bonds. The molecule has 1 aliphatic carbocycles. The summed E-state index contributed by atoms with van der Waals surface area (Å²) in [7, 11) is 0. The molecule has 0 radical (unpaired) electrons. The second kappa shape index (κ2) is 5.37. The van der Waals surface area contributed by atoms with Crippen molar-refractivity contribution in [1.29, 1.82) is 0 Å². The molecule has 2 heteroatoms.